The third kappa shape index (κ3) is 4.39. The van der Waals surface area contributed by atoms with Crippen molar-refractivity contribution < 1.29 is 9.47 Å². The first kappa shape index (κ1) is 18.2. The zero-order valence-electron chi connectivity index (χ0n) is 15.9. The monoisotopic (exact) mass is 372 g/mol. The highest BCUT2D eigenvalue weighted by Crippen LogP contribution is 2.24. The van der Waals surface area contributed by atoms with Gasteiger partial charge in [0.15, 0.2) is 0 Å². The van der Waals surface area contributed by atoms with Crippen LogP contribution in [0.25, 0.3) is 21.8 Å². The Labute approximate surface area is 165 Å². The van der Waals surface area contributed by atoms with Crippen molar-refractivity contribution >= 4 is 21.8 Å². The van der Waals surface area contributed by atoms with Gasteiger partial charge >= 0.3 is 0 Å². The topological polar surface area (TPSA) is 44.2 Å². The SMILES string of the molecule is c1cnc2c(OCCCCCCOc3cccc4cccnc34)cccc2c1. The molecule has 142 valence electrons. The summed E-state index contributed by atoms with van der Waals surface area (Å²) in [4.78, 5) is 8.85. The van der Waals surface area contributed by atoms with Gasteiger partial charge in [0.1, 0.15) is 22.5 Å². The van der Waals surface area contributed by atoms with Crippen molar-refractivity contribution in [1.29, 1.82) is 0 Å². The fourth-order valence-electron chi connectivity index (χ4n) is 3.31. The Morgan fingerprint density at radius 1 is 0.536 bits per heavy atom. The van der Waals surface area contributed by atoms with E-state index < -0.39 is 0 Å². The van der Waals surface area contributed by atoms with Crippen LogP contribution in [0.1, 0.15) is 25.7 Å². The Morgan fingerprint density at radius 2 is 1.00 bits per heavy atom. The van der Waals surface area contributed by atoms with Crippen LogP contribution in [-0.4, -0.2) is 23.2 Å². The minimum atomic E-state index is 0.712. The molecular weight excluding hydrogens is 348 g/mol. The number of nitrogens with zero attached hydrogens (tertiary/aromatic N) is 2. The minimum absolute atomic E-state index is 0.712. The number of hydrogen-bond donors (Lipinski definition) is 0. The van der Waals surface area contributed by atoms with Gasteiger partial charge in [0.2, 0.25) is 0 Å². The molecule has 4 aromatic rings. The van der Waals surface area contributed by atoms with E-state index in [1.165, 1.54) is 0 Å². The second-order valence-electron chi connectivity index (χ2n) is 6.77. The van der Waals surface area contributed by atoms with Gasteiger partial charge in [-0.3, -0.25) is 9.97 Å². The normalized spacial score (nSPS) is 11.0. The molecule has 0 aliphatic carbocycles. The van der Waals surface area contributed by atoms with E-state index in [-0.39, 0.29) is 0 Å². The zero-order chi connectivity index (χ0) is 19.0. The molecule has 0 radical (unpaired) electrons. The minimum Gasteiger partial charge on any atom is -0.491 e. The second-order valence-corrected chi connectivity index (χ2v) is 6.77. The van der Waals surface area contributed by atoms with Gasteiger partial charge in [-0.1, -0.05) is 36.4 Å². The zero-order valence-corrected chi connectivity index (χ0v) is 15.9. The van der Waals surface area contributed by atoms with Crippen LogP contribution in [-0.2, 0) is 0 Å². The van der Waals surface area contributed by atoms with E-state index in [2.05, 4.69) is 34.2 Å². The van der Waals surface area contributed by atoms with E-state index in [0.29, 0.717) is 13.2 Å². The van der Waals surface area contributed by atoms with Crippen molar-refractivity contribution in [2.45, 2.75) is 25.7 Å². The molecule has 2 heterocycles. The Bertz CT molecular complexity index is 953. The van der Waals surface area contributed by atoms with Crippen LogP contribution in [0.4, 0.5) is 0 Å². The summed E-state index contributed by atoms with van der Waals surface area (Å²) in [5, 5.41) is 2.22. The predicted molar refractivity (Wildman–Crippen MR) is 113 cm³/mol. The Kier molecular flexibility index (Phi) is 5.98. The van der Waals surface area contributed by atoms with Gasteiger partial charge in [-0.2, -0.15) is 0 Å². The maximum Gasteiger partial charge on any atom is 0.145 e. The van der Waals surface area contributed by atoms with E-state index in [0.717, 1.165) is 59.0 Å². The lowest BCUT2D eigenvalue weighted by Gasteiger charge is -2.09. The molecule has 0 unspecified atom stereocenters. The molecule has 4 nitrogen and oxygen atoms in total. The summed E-state index contributed by atoms with van der Waals surface area (Å²) >= 11 is 0. The quantitative estimate of drug-likeness (QED) is 0.348. The van der Waals surface area contributed by atoms with Gasteiger partial charge in [0.05, 0.1) is 13.2 Å². The molecule has 0 bridgehead atoms. The van der Waals surface area contributed by atoms with Crippen LogP contribution >= 0.6 is 0 Å². The van der Waals surface area contributed by atoms with Crippen molar-refractivity contribution in [2.75, 3.05) is 13.2 Å². The largest absolute Gasteiger partial charge is 0.491 e. The van der Waals surface area contributed by atoms with Gasteiger partial charge in [-0.05, 0) is 49.9 Å². The number of aromatic nitrogens is 2. The highest BCUT2D eigenvalue weighted by molar-refractivity contribution is 5.84. The molecule has 0 spiro atoms. The molecule has 0 amide bonds. The highest BCUT2D eigenvalue weighted by atomic mass is 16.5. The van der Waals surface area contributed by atoms with Gasteiger partial charge in [0, 0.05) is 23.2 Å². The molecule has 0 N–H and O–H groups in total. The lowest BCUT2D eigenvalue weighted by Crippen LogP contribution is -2.01. The summed E-state index contributed by atoms with van der Waals surface area (Å²) in [6.45, 7) is 1.42. The molecule has 2 aromatic heterocycles. The average Bonchev–Trinajstić information content (AvgIpc) is 2.76. The maximum absolute atomic E-state index is 5.94. The van der Waals surface area contributed by atoms with E-state index in [9.17, 15) is 0 Å². The van der Waals surface area contributed by atoms with Gasteiger partial charge in [-0.15, -0.1) is 0 Å². The van der Waals surface area contributed by atoms with Crippen LogP contribution < -0.4 is 9.47 Å². The van der Waals surface area contributed by atoms with E-state index >= 15 is 0 Å². The first-order valence-corrected chi connectivity index (χ1v) is 9.85. The molecular formula is C24H24N2O2. The Morgan fingerprint density at radius 3 is 1.50 bits per heavy atom. The fourth-order valence-corrected chi connectivity index (χ4v) is 3.31. The molecule has 4 rings (SSSR count). The molecule has 28 heavy (non-hydrogen) atoms. The molecule has 4 heteroatoms. The number of unbranched alkanes of at least 4 members (excludes halogenated alkanes) is 3. The summed E-state index contributed by atoms with van der Waals surface area (Å²) in [7, 11) is 0. The Hall–Kier alpha value is -3.14. The number of para-hydroxylation sites is 2. The van der Waals surface area contributed by atoms with Crippen LogP contribution in [0.2, 0.25) is 0 Å². The lowest BCUT2D eigenvalue weighted by molar-refractivity contribution is 0.290. The lowest BCUT2D eigenvalue weighted by atomic mass is 10.2. The molecule has 0 aliphatic rings. The van der Waals surface area contributed by atoms with Crippen molar-refractivity contribution in [3.8, 4) is 11.5 Å². The number of fused-ring (bicyclic) bond motifs is 2. The maximum atomic E-state index is 5.94. The summed E-state index contributed by atoms with van der Waals surface area (Å²) in [6, 6.07) is 20.1. The van der Waals surface area contributed by atoms with Gasteiger partial charge in [0.25, 0.3) is 0 Å². The molecule has 0 aliphatic heterocycles. The number of pyridine rings is 2. The van der Waals surface area contributed by atoms with Crippen molar-refractivity contribution in [3.63, 3.8) is 0 Å². The molecule has 0 saturated carbocycles. The standard InChI is InChI=1S/C24H24N2O2/c1(3-17-27-21-13-5-9-19-11-7-15-25-23(19)21)2-4-18-28-22-14-6-10-20-12-8-16-26-24(20)22/h5-16H,1-4,17-18H2. The summed E-state index contributed by atoms with van der Waals surface area (Å²) in [5.74, 6) is 1.73. The first-order chi connectivity index (χ1) is 13.9. The number of benzene rings is 2. The van der Waals surface area contributed by atoms with Crippen LogP contribution in [0, 0.1) is 0 Å². The third-order valence-electron chi connectivity index (χ3n) is 4.75. The van der Waals surface area contributed by atoms with E-state index in [1.54, 1.807) is 12.4 Å². The van der Waals surface area contributed by atoms with E-state index in [4.69, 9.17) is 9.47 Å². The first-order valence-electron chi connectivity index (χ1n) is 9.85. The molecule has 0 saturated heterocycles. The Balaban J connectivity index is 1.16. The van der Waals surface area contributed by atoms with Crippen LogP contribution in [0.15, 0.2) is 73.1 Å². The molecule has 0 fully saturated rings. The average molecular weight is 372 g/mol. The third-order valence-corrected chi connectivity index (χ3v) is 4.75. The number of ether oxygens (including phenoxy) is 2. The summed E-state index contributed by atoms with van der Waals surface area (Å²) < 4.78 is 11.9. The van der Waals surface area contributed by atoms with Crippen molar-refractivity contribution in [2.24, 2.45) is 0 Å². The van der Waals surface area contributed by atoms with E-state index in [1.807, 2.05) is 36.4 Å². The van der Waals surface area contributed by atoms with Crippen molar-refractivity contribution in [3.05, 3.63) is 73.1 Å². The molecule has 2 aromatic carbocycles. The summed E-state index contributed by atoms with van der Waals surface area (Å²) in [6.07, 6.45) is 7.91. The number of hydrogen-bond acceptors (Lipinski definition) is 4. The van der Waals surface area contributed by atoms with Crippen LogP contribution in [0.3, 0.4) is 0 Å². The van der Waals surface area contributed by atoms with Gasteiger partial charge < -0.3 is 9.47 Å². The number of rotatable bonds is 9. The molecule has 0 atom stereocenters. The summed E-state index contributed by atoms with van der Waals surface area (Å²) in [5.41, 5.74) is 1.86. The predicted octanol–water partition coefficient (Wildman–Crippen LogP) is 5.80. The smallest absolute Gasteiger partial charge is 0.145 e. The highest BCUT2D eigenvalue weighted by Gasteiger charge is 2.03. The second kappa shape index (κ2) is 9.18. The van der Waals surface area contributed by atoms with Crippen molar-refractivity contribution in [1.82, 2.24) is 9.97 Å². The van der Waals surface area contributed by atoms with Crippen LogP contribution in [0.5, 0.6) is 11.5 Å². The van der Waals surface area contributed by atoms with Gasteiger partial charge in [-0.25, -0.2) is 0 Å². The fraction of sp³-hybridized carbons (Fsp3) is 0.250.